The molecule has 1 amide bonds. The Morgan fingerprint density at radius 3 is 3.19 bits per heavy atom. The maximum Gasteiger partial charge on any atom is 0.291 e. The smallest absolute Gasteiger partial charge is 0.291 e. The van der Waals surface area contributed by atoms with Crippen molar-refractivity contribution in [1.29, 1.82) is 0 Å². The van der Waals surface area contributed by atoms with Gasteiger partial charge in [-0.3, -0.25) is 9.89 Å². The van der Waals surface area contributed by atoms with Crippen LogP contribution in [-0.4, -0.2) is 51.8 Å². The van der Waals surface area contributed by atoms with Gasteiger partial charge in [-0.1, -0.05) is 0 Å². The van der Waals surface area contributed by atoms with Crippen LogP contribution >= 0.6 is 0 Å². The molecular formula is C9H15N5O2. The number of carbonyl (C=O) groups excluding carboxylic acids is 1. The van der Waals surface area contributed by atoms with Crippen LogP contribution in [0.3, 0.4) is 0 Å². The van der Waals surface area contributed by atoms with Crippen molar-refractivity contribution in [3.05, 3.63) is 5.82 Å². The van der Waals surface area contributed by atoms with Gasteiger partial charge in [0.2, 0.25) is 11.8 Å². The molecule has 1 aromatic rings. The first-order chi connectivity index (χ1) is 7.66. The lowest BCUT2D eigenvalue weighted by atomic mass is 10.3. The van der Waals surface area contributed by atoms with Crippen molar-refractivity contribution in [3.63, 3.8) is 0 Å². The zero-order valence-electron chi connectivity index (χ0n) is 9.14. The summed E-state index contributed by atoms with van der Waals surface area (Å²) in [4.78, 5) is 17.5. The van der Waals surface area contributed by atoms with E-state index in [1.54, 1.807) is 4.90 Å². The minimum Gasteiger partial charge on any atom is -0.377 e. The molecule has 0 bridgehead atoms. The summed E-state index contributed by atoms with van der Waals surface area (Å²) in [6.07, 6.45) is 0.881. The first kappa shape index (κ1) is 10.9. The summed E-state index contributed by atoms with van der Waals surface area (Å²) in [5.41, 5.74) is 5.36. The Kier molecular flexibility index (Phi) is 3.04. The maximum atomic E-state index is 12.0. The van der Waals surface area contributed by atoms with Gasteiger partial charge in [-0.15, -0.1) is 5.10 Å². The van der Waals surface area contributed by atoms with Gasteiger partial charge in [0.25, 0.3) is 5.91 Å². The van der Waals surface area contributed by atoms with Gasteiger partial charge in [-0.25, -0.2) is 0 Å². The molecule has 2 heterocycles. The third-order valence-electron chi connectivity index (χ3n) is 2.44. The van der Waals surface area contributed by atoms with Crippen LogP contribution in [0.2, 0.25) is 0 Å². The molecule has 1 aliphatic rings. The van der Waals surface area contributed by atoms with E-state index in [-0.39, 0.29) is 23.8 Å². The molecule has 0 aromatic carbocycles. The summed E-state index contributed by atoms with van der Waals surface area (Å²) in [5.74, 6) is 0.0932. The Bertz CT molecular complexity index is 378. The summed E-state index contributed by atoms with van der Waals surface area (Å²) >= 11 is 0. The van der Waals surface area contributed by atoms with Gasteiger partial charge < -0.3 is 15.4 Å². The highest BCUT2D eigenvalue weighted by Crippen LogP contribution is 2.08. The Morgan fingerprint density at radius 2 is 2.50 bits per heavy atom. The lowest BCUT2D eigenvalue weighted by Gasteiger charge is -2.20. The molecule has 0 aliphatic carbocycles. The monoisotopic (exact) mass is 225 g/mol. The topological polar surface area (TPSA) is 97.1 Å². The highest BCUT2D eigenvalue weighted by molar-refractivity contribution is 5.90. The minimum atomic E-state index is -0.179. The molecule has 7 nitrogen and oxygen atoms in total. The van der Waals surface area contributed by atoms with E-state index in [2.05, 4.69) is 15.2 Å². The number of hydrogen-bond acceptors (Lipinski definition) is 5. The van der Waals surface area contributed by atoms with Crippen LogP contribution in [0.1, 0.15) is 24.0 Å². The van der Waals surface area contributed by atoms with Gasteiger partial charge in [0.05, 0.1) is 6.10 Å². The van der Waals surface area contributed by atoms with Crippen LogP contribution < -0.4 is 5.73 Å². The van der Waals surface area contributed by atoms with E-state index in [9.17, 15) is 4.79 Å². The van der Waals surface area contributed by atoms with E-state index >= 15 is 0 Å². The average Bonchev–Trinajstić information content (AvgIpc) is 2.56. The number of hydrogen-bond donors (Lipinski definition) is 2. The minimum absolute atomic E-state index is 0.0479. The van der Waals surface area contributed by atoms with Crippen LogP contribution in [0.5, 0.6) is 0 Å². The highest BCUT2D eigenvalue weighted by atomic mass is 16.5. The van der Waals surface area contributed by atoms with E-state index in [0.717, 1.165) is 6.42 Å². The largest absolute Gasteiger partial charge is 0.377 e. The Hall–Kier alpha value is -1.63. The number of nitrogens with two attached hydrogens (primary N) is 1. The molecule has 0 spiro atoms. The lowest BCUT2D eigenvalue weighted by Crippen LogP contribution is -2.36. The number of nitrogens with zero attached hydrogens (tertiary/aromatic N) is 3. The first-order valence-electron chi connectivity index (χ1n) is 5.25. The molecule has 0 saturated carbocycles. The molecule has 3 N–H and O–H groups in total. The predicted molar refractivity (Wildman–Crippen MR) is 56.7 cm³/mol. The van der Waals surface area contributed by atoms with Gasteiger partial charge in [-0.2, -0.15) is 4.98 Å². The third-order valence-corrected chi connectivity index (χ3v) is 2.44. The number of amides is 1. The Morgan fingerprint density at radius 1 is 1.69 bits per heavy atom. The second-order valence-electron chi connectivity index (χ2n) is 3.83. The number of ether oxygens (including phenoxy) is 1. The van der Waals surface area contributed by atoms with Crippen molar-refractivity contribution in [2.45, 2.75) is 19.4 Å². The summed E-state index contributed by atoms with van der Waals surface area (Å²) in [6.45, 7) is 3.87. The molecule has 1 unspecified atom stereocenters. The Balaban J connectivity index is 2.08. The summed E-state index contributed by atoms with van der Waals surface area (Å²) in [5, 5.41) is 6.16. The molecule has 0 radical (unpaired) electrons. The zero-order valence-corrected chi connectivity index (χ0v) is 9.14. The fourth-order valence-corrected chi connectivity index (χ4v) is 1.70. The van der Waals surface area contributed by atoms with Crippen molar-refractivity contribution >= 4 is 11.9 Å². The summed E-state index contributed by atoms with van der Waals surface area (Å²) < 4.78 is 5.46. The second-order valence-corrected chi connectivity index (χ2v) is 3.83. The average molecular weight is 225 g/mol. The fourth-order valence-electron chi connectivity index (χ4n) is 1.70. The third kappa shape index (κ3) is 2.30. The van der Waals surface area contributed by atoms with E-state index < -0.39 is 0 Å². The van der Waals surface area contributed by atoms with Crippen LogP contribution in [0, 0.1) is 0 Å². The van der Waals surface area contributed by atoms with Crippen LogP contribution in [-0.2, 0) is 4.74 Å². The quantitative estimate of drug-likeness (QED) is 0.680. The predicted octanol–water partition coefficient (Wildman–Crippen LogP) is -0.362. The summed E-state index contributed by atoms with van der Waals surface area (Å²) in [6, 6.07) is 0. The van der Waals surface area contributed by atoms with Gasteiger partial charge in [0, 0.05) is 19.7 Å². The summed E-state index contributed by atoms with van der Waals surface area (Å²) in [7, 11) is 0. The molecular weight excluding hydrogens is 210 g/mol. The molecule has 1 atom stereocenters. The molecule has 7 heteroatoms. The van der Waals surface area contributed by atoms with E-state index in [0.29, 0.717) is 19.7 Å². The number of aromatic nitrogens is 3. The number of anilines is 1. The molecule has 1 saturated heterocycles. The van der Waals surface area contributed by atoms with Crippen molar-refractivity contribution in [2.24, 2.45) is 0 Å². The van der Waals surface area contributed by atoms with E-state index in [1.807, 2.05) is 6.92 Å². The number of nitrogens with one attached hydrogen (secondary N) is 1. The first-order valence-corrected chi connectivity index (χ1v) is 5.25. The highest BCUT2D eigenvalue weighted by Gasteiger charge is 2.23. The van der Waals surface area contributed by atoms with Crippen molar-refractivity contribution in [2.75, 3.05) is 25.4 Å². The van der Waals surface area contributed by atoms with Gasteiger partial charge in [0.15, 0.2) is 0 Å². The van der Waals surface area contributed by atoms with Crippen molar-refractivity contribution in [3.8, 4) is 0 Å². The number of nitrogen functional groups attached to an aromatic ring is 1. The maximum absolute atomic E-state index is 12.0. The zero-order chi connectivity index (χ0) is 11.5. The fraction of sp³-hybridized carbons (Fsp3) is 0.667. The van der Waals surface area contributed by atoms with E-state index in [1.165, 1.54) is 0 Å². The standard InChI is InChI=1S/C9H15N5O2/c1-6-5-14(3-2-4-16-6)8(15)7-11-9(10)13-12-7/h6H,2-5H2,1H3,(H3,10,11,12,13). The van der Waals surface area contributed by atoms with Crippen LogP contribution in [0.25, 0.3) is 0 Å². The van der Waals surface area contributed by atoms with Crippen molar-refractivity contribution in [1.82, 2.24) is 20.1 Å². The molecule has 16 heavy (non-hydrogen) atoms. The molecule has 88 valence electrons. The number of rotatable bonds is 1. The van der Waals surface area contributed by atoms with Crippen molar-refractivity contribution < 1.29 is 9.53 Å². The lowest BCUT2D eigenvalue weighted by molar-refractivity contribution is 0.0556. The second kappa shape index (κ2) is 4.48. The van der Waals surface area contributed by atoms with Crippen LogP contribution in [0.15, 0.2) is 0 Å². The molecule has 1 aromatic heterocycles. The van der Waals surface area contributed by atoms with Gasteiger partial charge >= 0.3 is 0 Å². The Labute approximate surface area is 93.0 Å². The molecule has 1 aliphatic heterocycles. The van der Waals surface area contributed by atoms with Gasteiger partial charge in [0.1, 0.15) is 0 Å². The van der Waals surface area contributed by atoms with Gasteiger partial charge in [-0.05, 0) is 13.3 Å². The number of carbonyl (C=O) groups is 1. The van der Waals surface area contributed by atoms with Crippen LogP contribution in [0.4, 0.5) is 5.95 Å². The normalized spacial score (nSPS) is 21.8. The number of H-pyrrole nitrogens is 1. The SMILES string of the molecule is CC1CN(C(=O)c2nc(N)n[nH]2)CCCO1. The molecule has 1 fully saturated rings. The van der Waals surface area contributed by atoms with E-state index in [4.69, 9.17) is 10.5 Å². The molecule has 2 rings (SSSR count). The number of aromatic amines is 1.